The minimum absolute atomic E-state index is 0.0741. The van der Waals surface area contributed by atoms with Crippen LogP contribution in [0.25, 0.3) is 11.0 Å². The van der Waals surface area contributed by atoms with Gasteiger partial charge in [0.05, 0.1) is 16.1 Å². The molecule has 0 aliphatic carbocycles. The van der Waals surface area contributed by atoms with E-state index in [-0.39, 0.29) is 11.1 Å². The van der Waals surface area contributed by atoms with Crippen molar-refractivity contribution in [3.05, 3.63) is 23.0 Å². The molecule has 0 saturated heterocycles. The first-order valence-electron chi connectivity index (χ1n) is 5.69. The number of aromatic nitrogens is 2. The number of fused-ring (bicyclic) bond motifs is 1. The summed E-state index contributed by atoms with van der Waals surface area (Å²) in [5.74, 6) is 0.882. The van der Waals surface area contributed by atoms with Gasteiger partial charge < -0.3 is 10.3 Å². The van der Waals surface area contributed by atoms with E-state index in [1.165, 1.54) is 12.1 Å². The molecular formula is C12H15ClFN3S. The molecule has 2 N–H and O–H groups in total. The van der Waals surface area contributed by atoms with Gasteiger partial charge in [-0.2, -0.15) is 11.8 Å². The van der Waals surface area contributed by atoms with Gasteiger partial charge >= 0.3 is 0 Å². The Bertz CT molecular complexity index is 570. The highest BCUT2D eigenvalue weighted by molar-refractivity contribution is 7.98. The van der Waals surface area contributed by atoms with Crippen molar-refractivity contribution >= 4 is 40.3 Å². The van der Waals surface area contributed by atoms with Gasteiger partial charge in [-0.15, -0.1) is 0 Å². The van der Waals surface area contributed by atoms with Gasteiger partial charge in [0.1, 0.15) is 5.82 Å². The molecule has 18 heavy (non-hydrogen) atoms. The number of thioether (sulfide) groups is 1. The largest absolute Gasteiger partial charge is 0.369 e. The van der Waals surface area contributed by atoms with Crippen molar-refractivity contribution in [3.63, 3.8) is 0 Å². The van der Waals surface area contributed by atoms with E-state index in [0.717, 1.165) is 12.2 Å². The van der Waals surface area contributed by atoms with Crippen LogP contribution in [0.15, 0.2) is 12.1 Å². The number of hydrogen-bond donors (Lipinski definition) is 1. The lowest BCUT2D eigenvalue weighted by atomic mass is 10.2. The average Bonchev–Trinajstić information content (AvgIpc) is 2.63. The highest BCUT2D eigenvalue weighted by atomic mass is 35.5. The molecule has 0 saturated carbocycles. The molecule has 1 atom stereocenters. The van der Waals surface area contributed by atoms with Crippen molar-refractivity contribution in [1.29, 1.82) is 0 Å². The molecule has 6 heteroatoms. The van der Waals surface area contributed by atoms with Crippen molar-refractivity contribution in [2.75, 3.05) is 17.7 Å². The van der Waals surface area contributed by atoms with E-state index in [0.29, 0.717) is 17.0 Å². The number of nitrogens with two attached hydrogens (primary N) is 1. The molecule has 1 aromatic heterocycles. The molecule has 2 aromatic rings. The first-order chi connectivity index (χ1) is 8.58. The molecule has 1 aromatic carbocycles. The minimum atomic E-state index is -0.440. The summed E-state index contributed by atoms with van der Waals surface area (Å²) >= 11 is 7.49. The van der Waals surface area contributed by atoms with Gasteiger partial charge in [0.15, 0.2) is 0 Å². The second-order valence-corrected chi connectivity index (χ2v) is 5.43. The van der Waals surface area contributed by atoms with Crippen molar-refractivity contribution in [3.8, 4) is 0 Å². The summed E-state index contributed by atoms with van der Waals surface area (Å²) in [4.78, 5) is 4.25. The first-order valence-corrected chi connectivity index (χ1v) is 7.47. The van der Waals surface area contributed by atoms with Crippen LogP contribution in [0.5, 0.6) is 0 Å². The molecule has 0 amide bonds. The van der Waals surface area contributed by atoms with Crippen LogP contribution in [0, 0.1) is 5.82 Å². The van der Waals surface area contributed by atoms with E-state index in [1.807, 2.05) is 10.8 Å². The highest BCUT2D eigenvalue weighted by Gasteiger charge is 2.17. The van der Waals surface area contributed by atoms with Gasteiger partial charge in [-0.25, -0.2) is 9.37 Å². The van der Waals surface area contributed by atoms with Gasteiger partial charge in [-0.05, 0) is 18.7 Å². The Labute approximate surface area is 115 Å². The number of hydrogen-bond acceptors (Lipinski definition) is 3. The van der Waals surface area contributed by atoms with E-state index < -0.39 is 5.82 Å². The summed E-state index contributed by atoms with van der Waals surface area (Å²) in [7, 11) is 0. The number of anilines is 1. The Morgan fingerprint density at radius 1 is 1.56 bits per heavy atom. The molecule has 1 unspecified atom stereocenters. The Kier molecular flexibility index (Phi) is 4.02. The second-order valence-electron chi connectivity index (χ2n) is 4.11. The van der Waals surface area contributed by atoms with E-state index in [2.05, 4.69) is 11.9 Å². The Hall–Kier alpha value is -0.940. The van der Waals surface area contributed by atoms with E-state index >= 15 is 0 Å². The zero-order valence-corrected chi connectivity index (χ0v) is 11.9. The molecule has 0 fully saturated rings. The van der Waals surface area contributed by atoms with Crippen LogP contribution in [0.2, 0.25) is 5.02 Å². The lowest BCUT2D eigenvalue weighted by molar-refractivity contribution is 0.559. The third-order valence-corrected chi connectivity index (χ3v) is 3.96. The monoisotopic (exact) mass is 287 g/mol. The molecule has 0 aliphatic rings. The molecule has 0 aliphatic heterocycles. The Morgan fingerprint density at radius 2 is 2.28 bits per heavy atom. The zero-order chi connectivity index (χ0) is 13.3. The Balaban J connectivity index is 2.62. The molecule has 2 rings (SSSR count). The molecular weight excluding hydrogens is 273 g/mol. The van der Waals surface area contributed by atoms with Crippen LogP contribution in [-0.2, 0) is 0 Å². The maximum absolute atomic E-state index is 13.6. The molecule has 0 spiro atoms. The standard InChI is InChI=1S/C12H15ClFN3S/c1-3-7(6-18-2)17-11-5-9(14)8(13)4-10(11)16-12(17)15/h4-5,7H,3,6H2,1-2H3,(H2,15,16). The van der Waals surface area contributed by atoms with Crippen molar-refractivity contribution < 1.29 is 4.39 Å². The Morgan fingerprint density at radius 3 is 2.89 bits per heavy atom. The van der Waals surface area contributed by atoms with E-state index in [4.69, 9.17) is 17.3 Å². The molecule has 1 heterocycles. The third-order valence-electron chi connectivity index (χ3n) is 2.95. The first kappa shape index (κ1) is 13.5. The summed E-state index contributed by atoms with van der Waals surface area (Å²) in [6.07, 6.45) is 2.95. The van der Waals surface area contributed by atoms with Crippen LogP contribution < -0.4 is 5.73 Å². The maximum Gasteiger partial charge on any atom is 0.201 e. The fourth-order valence-electron chi connectivity index (χ4n) is 2.06. The second kappa shape index (κ2) is 5.36. The predicted octanol–water partition coefficient (Wildman–Crippen LogP) is 3.73. The normalized spacial score (nSPS) is 13.1. The summed E-state index contributed by atoms with van der Waals surface area (Å²) in [5, 5.41) is 0.0741. The van der Waals surface area contributed by atoms with Gasteiger partial charge in [-0.1, -0.05) is 18.5 Å². The van der Waals surface area contributed by atoms with Gasteiger partial charge in [-0.3, -0.25) is 0 Å². The quantitative estimate of drug-likeness (QED) is 0.932. The molecule has 0 radical (unpaired) electrons. The smallest absolute Gasteiger partial charge is 0.201 e. The summed E-state index contributed by atoms with van der Waals surface area (Å²) in [6.45, 7) is 2.08. The van der Waals surface area contributed by atoms with Gasteiger partial charge in [0, 0.05) is 17.9 Å². The third kappa shape index (κ3) is 2.29. The van der Waals surface area contributed by atoms with E-state index in [1.54, 1.807) is 11.8 Å². The van der Waals surface area contributed by atoms with Crippen LogP contribution in [-0.4, -0.2) is 21.6 Å². The number of imidazole rings is 1. The molecule has 98 valence electrons. The van der Waals surface area contributed by atoms with E-state index in [9.17, 15) is 4.39 Å². The summed E-state index contributed by atoms with van der Waals surface area (Å²) in [6, 6.07) is 3.14. The molecule has 3 nitrogen and oxygen atoms in total. The lowest BCUT2D eigenvalue weighted by Gasteiger charge is -2.17. The van der Waals surface area contributed by atoms with Gasteiger partial charge in [0.2, 0.25) is 5.95 Å². The van der Waals surface area contributed by atoms with Crippen LogP contribution in [0.1, 0.15) is 19.4 Å². The van der Waals surface area contributed by atoms with Gasteiger partial charge in [0.25, 0.3) is 0 Å². The molecule has 0 bridgehead atoms. The fraction of sp³-hybridized carbons (Fsp3) is 0.417. The number of rotatable bonds is 4. The predicted molar refractivity (Wildman–Crippen MR) is 76.8 cm³/mol. The maximum atomic E-state index is 13.6. The number of halogens is 2. The minimum Gasteiger partial charge on any atom is -0.369 e. The SMILES string of the molecule is CCC(CSC)n1c(N)nc2cc(Cl)c(F)cc21. The zero-order valence-electron chi connectivity index (χ0n) is 10.3. The number of nitrogen functional groups attached to an aromatic ring is 1. The van der Waals surface area contributed by atoms with Crippen molar-refractivity contribution in [1.82, 2.24) is 9.55 Å². The summed E-state index contributed by atoms with van der Waals surface area (Å²) < 4.78 is 15.5. The van der Waals surface area contributed by atoms with Crippen LogP contribution >= 0.6 is 23.4 Å². The number of benzene rings is 1. The summed E-state index contributed by atoms with van der Waals surface area (Å²) in [5.41, 5.74) is 7.28. The lowest BCUT2D eigenvalue weighted by Crippen LogP contribution is -2.13. The average molecular weight is 288 g/mol. The fourth-order valence-corrected chi connectivity index (χ4v) is 2.99. The van der Waals surface area contributed by atoms with Crippen molar-refractivity contribution in [2.24, 2.45) is 0 Å². The van der Waals surface area contributed by atoms with Crippen molar-refractivity contribution in [2.45, 2.75) is 19.4 Å². The number of nitrogens with zero attached hydrogens (tertiary/aromatic N) is 2. The van der Waals surface area contributed by atoms with Crippen LogP contribution in [0.4, 0.5) is 10.3 Å². The topological polar surface area (TPSA) is 43.8 Å². The van der Waals surface area contributed by atoms with Crippen LogP contribution in [0.3, 0.4) is 0 Å². The highest BCUT2D eigenvalue weighted by Crippen LogP contribution is 2.29.